The molecule has 1 aliphatic rings. The molecule has 1 amide bonds. The van der Waals surface area contributed by atoms with Crippen molar-refractivity contribution in [3.63, 3.8) is 0 Å². The van der Waals surface area contributed by atoms with E-state index in [1.807, 2.05) is 4.90 Å². The normalized spacial score (nSPS) is 26.8. The van der Waals surface area contributed by atoms with Gasteiger partial charge in [-0.3, -0.25) is 10.1 Å². The Hall–Kier alpha value is -0.650. The van der Waals surface area contributed by atoms with Crippen molar-refractivity contribution in [3.8, 4) is 0 Å². The molecule has 0 saturated carbocycles. The first-order valence-electron chi connectivity index (χ1n) is 7.17. The highest BCUT2D eigenvalue weighted by Crippen LogP contribution is 2.21. The van der Waals surface area contributed by atoms with Gasteiger partial charge in [-0.15, -0.1) is 0 Å². The lowest BCUT2D eigenvalue weighted by atomic mass is 9.99. The largest absolute Gasteiger partial charge is 0.382 e. The fourth-order valence-corrected chi connectivity index (χ4v) is 2.50. The van der Waals surface area contributed by atoms with Gasteiger partial charge in [0.05, 0.1) is 31.5 Å². The van der Waals surface area contributed by atoms with Gasteiger partial charge < -0.3 is 14.4 Å². The summed E-state index contributed by atoms with van der Waals surface area (Å²) in [5, 5.41) is 3.44. The number of methoxy groups -OCH3 is 2. The van der Waals surface area contributed by atoms with Gasteiger partial charge in [0.25, 0.3) is 0 Å². The van der Waals surface area contributed by atoms with Crippen LogP contribution in [0.1, 0.15) is 33.6 Å². The Morgan fingerprint density at radius 2 is 2.05 bits per heavy atom. The number of nitrogens with zero attached hydrogens (tertiary/aromatic N) is 1. The van der Waals surface area contributed by atoms with Crippen LogP contribution in [0, 0.1) is 5.92 Å². The molecule has 0 aromatic heterocycles. The van der Waals surface area contributed by atoms with E-state index in [4.69, 9.17) is 9.47 Å². The van der Waals surface area contributed by atoms with E-state index in [1.165, 1.54) is 0 Å². The minimum Gasteiger partial charge on any atom is -0.382 e. The number of ether oxygens (including phenoxy) is 2. The van der Waals surface area contributed by atoms with Crippen LogP contribution in [-0.4, -0.2) is 56.5 Å². The van der Waals surface area contributed by atoms with Crippen LogP contribution in [0.25, 0.3) is 0 Å². The van der Waals surface area contributed by atoms with Crippen molar-refractivity contribution in [1.29, 1.82) is 0 Å². The fourth-order valence-electron chi connectivity index (χ4n) is 2.50. The van der Waals surface area contributed by atoms with Crippen molar-refractivity contribution in [1.82, 2.24) is 10.2 Å². The molecule has 4 unspecified atom stereocenters. The third kappa shape index (κ3) is 3.91. The lowest BCUT2D eigenvalue weighted by molar-refractivity contribution is -0.133. The van der Waals surface area contributed by atoms with Crippen molar-refractivity contribution in [2.45, 2.75) is 51.9 Å². The zero-order chi connectivity index (χ0) is 14.4. The van der Waals surface area contributed by atoms with Crippen LogP contribution in [0.15, 0.2) is 0 Å². The molecule has 1 fully saturated rings. The third-order valence-electron chi connectivity index (χ3n) is 3.98. The van der Waals surface area contributed by atoms with Crippen molar-refractivity contribution in [2.75, 3.05) is 27.4 Å². The predicted molar refractivity (Wildman–Crippen MR) is 74.8 cm³/mol. The first-order chi connectivity index (χ1) is 9.08. The molecule has 0 aliphatic carbocycles. The van der Waals surface area contributed by atoms with Gasteiger partial charge in [-0.05, 0) is 12.3 Å². The number of carbonyl (C=O) groups excluding carboxylic acids is 1. The van der Waals surface area contributed by atoms with Crippen molar-refractivity contribution >= 4 is 5.91 Å². The van der Waals surface area contributed by atoms with Gasteiger partial charge in [-0.25, -0.2) is 0 Å². The Balaban J connectivity index is 2.71. The van der Waals surface area contributed by atoms with Gasteiger partial charge in [0.1, 0.15) is 0 Å². The van der Waals surface area contributed by atoms with Crippen molar-refractivity contribution in [3.05, 3.63) is 0 Å². The molecule has 0 aromatic rings. The van der Waals surface area contributed by atoms with Gasteiger partial charge in [0.2, 0.25) is 5.91 Å². The summed E-state index contributed by atoms with van der Waals surface area (Å²) in [6, 6.07) is -0.0602. The Morgan fingerprint density at radius 1 is 1.37 bits per heavy atom. The highest BCUT2D eigenvalue weighted by Gasteiger charge is 2.40. The molecule has 0 spiro atoms. The molecular formula is C14H28N2O3. The van der Waals surface area contributed by atoms with E-state index in [0.717, 1.165) is 12.8 Å². The molecule has 1 heterocycles. The van der Waals surface area contributed by atoms with Crippen LogP contribution in [-0.2, 0) is 14.3 Å². The Morgan fingerprint density at radius 3 is 2.53 bits per heavy atom. The van der Waals surface area contributed by atoms with E-state index in [0.29, 0.717) is 19.1 Å². The molecule has 19 heavy (non-hydrogen) atoms. The molecule has 0 bridgehead atoms. The lowest BCUT2D eigenvalue weighted by Crippen LogP contribution is -2.43. The molecule has 5 heteroatoms. The molecular weight excluding hydrogens is 244 g/mol. The quantitative estimate of drug-likeness (QED) is 0.722. The van der Waals surface area contributed by atoms with Crippen LogP contribution in [0.4, 0.5) is 0 Å². The monoisotopic (exact) mass is 272 g/mol. The first kappa shape index (κ1) is 16.4. The zero-order valence-corrected chi connectivity index (χ0v) is 12.8. The summed E-state index contributed by atoms with van der Waals surface area (Å²) in [4.78, 5) is 14.4. The molecule has 1 N–H and O–H groups in total. The summed E-state index contributed by atoms with van der Waals surface area (Å²) in [5.41, 5.74) is 0. The predicted octanol–water partition coefficient (Wildman–Crippen LogP) is 1.23. The fraction of sp³-hybridized carbons (Fsp3) is 0.929. The number of hydrogen-bond acceptors (Lipinski definition) is 4. The van der Waals surface area contributed by atoms with E-state index in [1.54, 1.807) is 14.2 Å². The highest BCUT2D eigenvalue weighted by molar-refractivity contribution is 5.84. The van der Waals surface area contributed by atoms with Crippen LogP contribution >= 0.6 is 0 Å². The van der Waals surface area contributed by atoms with E-state index in [2.05, 4.69) is 26.1 Å². The van der Waals surface area contributed by atoms with E-state index in [9.17, 15) is 4.79 Å². The van der Waals surface area contributed by atoms with Crippen molar-refractivity contribution in [2.24, 2.45) is 5.92 Å². The minimum absolute atomic E-state index is 0.0602. The molecule has 1 rings (SSSR count). The molecule has 0 radical (unpaired) electrons. The molecule has 5 nitrogen and oxygen atoms in total. The number of amides is 1. The zero-order valence-electron chi connectivity index (χ0n) is 12.8. The summed E-state index contributed by atoms with van der Waals surface area (Å²) in [5.74, 6) is 0.550. The van der Waals surface area contributed by atoms with E-state index in [-0.39, 0.29) is 24.2 Å². The van der Waals surface area contributed by atoms with Gasteiger partial charge in [0, 0.05) is 14.2 Å². The Kier molecular flexibility index (Phi) is 6.75. The van der Waals surface area contributed by atoms with E-state index < -0.39 is 0 Å². The molecule has 112 valence electrons. The summed E-state index contributed by atoms with van der Waals surface area (Å²) < 4.78 is 10.5. The molecule has 0 aromatic carbocycles. The average Bonchev–Trinajstić information content (AvgIpc) is 2.74. The van der Waals surface area contributed by atoms with Crippen molar-refractivity contribution < 1.29 is 14.3 Å². The van der Waals surface area contributed by atoms with Gasteiger partial charge in [-0.1, -0.05) is 27.2 Å². The Labute approximate surface area is 116 Å². The first-order valence-corrected chi connectivity index (χ1v) is 7.17. The maximum atomic E-state index is 12.5. The number of hydrogen-bond donors (Lipinski definition) is 1. The van der Waals surface area contributed by atoms with Crippen LogP contribution < -0.4 is 5.32 Å². The van der Waals surface area contributed by atoms with Gasteiger partial charge in [0.15, 0.2) is 0 Å². The highest BCUT2D eigenvalue weighted by atomic mass is 16.5. The molecule has 1 aliphatic heterocycles. The second-order valence-corrected chi connectivity index (χ2v) is 5.26. The van der Waals surface area contributed by atoms with Crippen LogP contribution in [0.2, 0.25) is 0 Å². The second kappa shape index (κ2) is 7.82. The maximum Gasteiger partial charge on any atom is 0.241 e. The topological polar surface area (TPSA) is 50.8 Å². The molecule has 4 atom stereocenters. The minimum atomic E-state index is -0.0690. The summed E-state index contributed by atoms with van der Waals surface area (Å²) in [6.45, 7) is 7.42. The summed E-state index contributed by atoms with van der Waals surface area (Å²) in [7, 11) is 3.31. The standard InChI is InChI=1S/C14H28N2O3/c1-6-10(3)13-14(17)16(12(7-2)15-13)8-11(19-5)9-18-4/h10-13,15H,6-9H2,1-5H3. The summed E-state index contributed by atoms with van der Waals surface area (Å²) in [6.07, 6.45) is 1.95. The maximum absolute atomic E-state index is 12.5. The SMILES string of the molecule is CCC(C)C1NC(CC)N(CC(COC)OC)C1=O. The average molecular weight is 272 g/mol. The van der Waals surface area contributed by atoms with Crippen LogP contribution in [0.3, 0.4) is 0 Å². The lowest BCUT2D eigenvalue weighted by Gasteiger charge is -2.27. The van der Waals surface area contributed by atoms with Gasteiger partial charge >= 0.3 is 0 Å². The smallest absolute Gasteiger partial charge is 0.241 e. The number of nitrogens with one attached hydrogen (secondary N) is 1. The summed E-state index contributed by atoms with van der Waals surface area (Å²) >= 11 is 0. The molecule has 1 saturated heterocycles. The number of carbonyl (C=O) groups is 1. The van der Waals surface area contributed by atoms with Crippen LogP contribution in [0.5, 0.6) is 0 Å². The Bertz CT molecular complexity index is 286. The van der Waals surface area contributed by atoms with Gasteiger partial charge in [-0.2, -0.15) is 0 Å². The van der Waals surface area contributed by atoms with E-state index >= 15 is 0 Å². The third-order valence-corrected chi connectivity index (χ3v) is 3.98. The second-order valence-electron chi connectivity index (χ2n) is 5.26. The number of rotatable bonds is 8.